The standard InChI is InChI=1S/C10H17NO4S/c12-6-8-1-3-11(5-8)10(13)9-2-4-16(14,15)7-9/h8-9,12H,1-7H2. The minimum atomic E-state index is -2.99. The fourth-order valence-electron chi connectivity index (χ4n) is 2.43. The van der Waals surface area contributed by atoms with Crippen molar-refractivity contribution in [1.82, 2.24) is 4.90 Å². The van der Waals surface area contributed by atoms with Crippen LogP contribution in [0.1, 0.15) is 12.8 Å². The van der Waals surface area contributed by atoms with E-state index in [2.05, 4.69) is 0 Å². The number of hydrogen-bond donors (Lipinski definition) is 1. The predicted molar refractivity (Wildman–Crippen MR) is 58.5 cm³/mol. The van der Waals surface area contributed by atoms with Crippen LogP contribution in [-0.4, -0.2) is 55.5 Å². The lowest BCUT2D eigenvalue weighted by Crippen LogP contribution is -2.35. The van der Waals surface area contributed by atoms with E-state index >= 15 is 0 Å². The number of sulfone groups is 1. The van der Waals surface area contributed by atoms with Gasteiger partial charge in [0.1, 0.15) is 0 Å². The van der Waals surface area contributed by atoms with Gasteiger partial charge in [-0.1, -0.05) is 0 Å². The van der Waals surface area contributed by atoms with Gasteiger partial charge in [-0.2, -0.15) is 0 Å². The van der Waals surface area contributed by atoms with Crippen molar-refractivity contribution in [3.63, 3.8) is 0 Å². The molecule has 16 heavy (non-hydrogen) atoms. The highest BCUT2D eigenvalue weighted by Gasteiger charge is 2.37. The Balaban J connectivity index is 1.94. The summed E-state index contributed by atoms with van der Waals surface area (Å²) in [5.41, 5.74) is 0. The van der Waals surface area contributed by atoms with Crippen molar-refractivity contribution >= 4 is 15.7 Å². The van der Waals surface area contributed by atoms with Gasteiger partial charge in [0.15, 0.2) is 9.84 Å². The summed E-state index contributed by atoms with van der Waals surface area (Å²) in [4.78, 5) is 13.7. The third-order valence-corrected chi connectivity index (χ3v) is 5.21. The quantitative estimate of drug-likeness (QED) is 0.697. The number of carbonyl (C=O) groups is 1. The van der Waals surface area contributed by atoms with E-state index in [-0.39, 0.29) is 35.9 Å². The van der Waals surface area contributed by atoms with Crippen LogP contribution >= 0.6 is 0 Å². The van der Waals surface area contributed by atoms with Crippen molar-refractivity contribution in [2.75, 3.05) is 31.2 Å². The SMILES string of the molecule is O=C(C1CCS(=O)(=O)C1)N1CCC(CO)C1. The lowest BCUT2D eigenvalue weighted by molar-refractivity contribution is -0.133. The van der Waals surface area contributed by atoms with Crippen LogP contribution in [0.3, 0.4) is 0 Å². The monoisotopic (exact) mass is 247 g/mol. The molecule has 2 unspecified atom stereocenters. The van der Waals surface area contributed by atoms with E-state index in [0.29, 0.717) is 19.5 Å². The van der Waals surface area contributed by atoms with Gasteiger partial charge in [-0.05, 0) is 12.8 Å². The van der Waals surface area contributed by atoms with E-state index in [9.17, 15) is 13.2 Å². The molecule has 2 rings (SSSR count). The predicted octanol–water partition coefficient (Wildman–Crippen LogP) is -0.738. The fraction of sp³-hybridized carbons (Fsp3) is 0.900. The Bertz CT molecular complexity index is 378. The second-order valence-electron chi connectivity index (χ2n) is 4.72. The molecule has 2 heterocycles. The molecule has 0 radical (unpaired) electrons. The molecule has 2 atom stereocenters. The van der Waals surface area contributed by atoms with E-state index in [0.717, 1.165) is 6.42 Å². The molecule has 2 aliphatic heterocycles. The van der Waals surface area contributed by atoms with Crippen molar-refractivity contribution in [3.8, 4) is 0 Å². The molecule has 2 aliphatic rings. The average molecular weight is 247 g/mol. The third-order valence-electron chi connectivity index (χ3n) is 3.44. The van der Waals surface area contributed by atoms with Crippen LogP contribution in [0.4, 0.5) is 0 Å². The molecule has 92 valence electrons. The first kappa shape index (κ1) is 11.9. The maximum absolute atomic E-state index is 12.0. The Morgan fingerprint density at radius 2 is 2.12 bits per heavy atom. The minimum absolute atomic E-state index is 0.00608. The van der Waals surface area contributed by atoms with Crippen LogP contribution in [0.25, 0.3) is 0 Å². The zero-order valence-corrected chi connectivity index (χ0v) is 9.95. The molecule has 0 saturated carbocycles. The van der Waals surface area contributed by atoms with Gasteiger partial charge in [-0.25, -0.2) is 8.42 Å². The second-order valence-corrected chi connectivity index (χ2v) is 6.95. The maximum Gasteiger partial charge on any atom is 0.226 e. The van der Waals surface area contributed by atoms with E-state index in [1.165, 1.54) is 0 Å². The van der Waals surface area contributed by atoms with Crippen molar-refractivity contribution in [3.05, 3.63) is 0 Å². The number of hydrogen-bond acceptors (Lipinski definition) is 4. The number of rotatable bonds is 2. The number of nitrogens with zero attached hydrogens (tertiary/aromatic N) is 1. The molecular weight excluding hydrogens is 230 g/mol. The molecule has 1 N–H and O–H groups in total. The summed E-state index contributed by atoms with van der Waals surface area (Å²) >= 11 is 0. The third kappa shape index (κ3) is 2.38. The first-order valence-electron chi connectivity index (χ1n) is 5.62. The summed E-state index contributed by atoms with van der Waals surface area (Å²) in [6.07, 6.45) is 1.28. The highest BCUT2D eigenvalue weighted by molar-refractivity contribution is 7.91. The van der Waals surface area contributed by atoms with E-state index in [1.807, 2.05) is 0 Å². The molecule has 0 bridgehead atoms. The molecule has 5 nitrogen and oxygen atoms in total. The number of amides is 1. The molecule has 0 aromatic heterocycles. The highest BCUT2D eigenvalue weighted by Crippen LogP contribution is 2.24. The zero-order chi connectivity index (χ0) is 11.8. The topological polar surface area (TPSA) is 74.7 Å². The second kappa shape index (κ2) is 4.33. The average Bonchev–Trinajstić information content (AvgIpc) is 2.83. The van der Waals surface area contributed by atoms with Crippen molar-refractivity contribution in [1.29, 1.82) is 0 Å². The Morgan fingerprint density at radius 1 is 1.38 bits per heavy atom. The smallest absolute Gasteiger partial charge is 0.226 e. The number of likely N-dealkylation sites (tertiary alicyclic amines) is 1. The van der Waals surface area contributed by atoms with Gasteiger partial charge >= 0.3 is 0 Å². The first-order valence-corrected chi connectivity index (χ1v) is 7.44. The molecule has 6 heteroatoms. The van der Waals surface area contributed by atoms with Crippen LogP contribution in [0.15, 0.2) is 0 Å². The summed E-state index contributed by atoms with van der Waals surface area (Å²) in [6, 6.07) is 0. The Morgan fingerprint density at radius 3 is 2.62 bits per heavy atom. The molecule has 0 aliphatic carbocycles. The van der Waals surface area contributed by atoms with Crippen LogP contribution in [-0.2, 0) is 14.6 Å². The molecule has 1 amide bonds. The summed E-state index contributed by atoms with van der Waals surface area (Å²) in [7, 11) is -2.99. The van der Waals surface area contributed by atoms with Gasteiger partial charge in [-0.15, -0.1) is 0 Å². The number of aliphatic hydroxyl groups excluding tert-OH is 1. The largest absolute Gasteiger partial charge is 0.396 e. The number of aliphatic hydroxyl groups is 1. The van der Waals surface area contributed by atoms with Crippen LogP contribution in [0.2, 0.25) is 0 Å². The fourth-order valence-corrected chi connectivity index (χ4v) is 4.16. The van der Waals surface area contributed by atoms with Gasteiger partial charge in [0.2, 0.25) is 5.91 Å². The molecule has 0 aromatic carbocycles. The maximum atomic E-state index is 12.0. The molecule has 2 fully saturated rings. The van der Waals surface area contributed by atoms with Gasteiger partial charge in [-0.3, -0.25) is 4.79 Å². The van der Waals surface area contributed by atoms with Crippen LogP contribution in [0, 0.1) is 11.8 Å². The van der Waals surface area contributed by atoms with E-state index in [1.54, 1.807) is 4.90 Å². The lowest BCUT2D eigenvalue weighted by atomic mass is 10.1. The highest BCUT2D eigenvalue weighted by atomic mass is 32.2. The van der Waals surface area contributed by atoms with Gasteiger partial charge < -0.3 is 10.0 Å². The Labute approximate surface area is 95.4 Å². The van der Waals surface area contributed by atoms with E-state index in [4.69, 9.17) is 5.11 Å². The summed E-state index contributed by atoms with van der Waals surface area (Å²) < 4.78 is 22.5. The Kier molecular flexibility index (Phi) is 3.21. The molecule has 0 aromatic rings. The van der Waals surface area contributed by atoms with Crippen molar-refractivity contribution in [2.24, 2.45) is 11.8 Å². The van der Waals surface area contributed by atoms with Gasteiger partial charge in [0, 0.05) is 25.6 Å². The van der Waals surface area contributed by atoms with Crippen LogP contribution < -0.4 is 0 Å². The Hall–Kier alpha value is -0.620. The first-order chi connectivity index (χ1) is 7.52. The minimum Gasteiger partial charge on any atom is -0.396 e. The summed E-state index contributed by atoms with van der Waals surface area (Å²) in [5, 5.41) is 8.98. The number of carbonyl (C=O) groups excluding carboxylic acids is 1. The normalized spacial score (nSPS) is 33.2. The van der Waals surface area contributed by atoms with E-state index < -0.39 is 9.84 Å². The summed E-state index contributed by atoms with van der Waals surface area (Å²) in [6.45, 7) is 1.33. The van der Waals surface area contributed by atoms with Gasteiger partial charge in [0.25, 0.3) is 0 Å². The molecule has 0 spiro atoms. The lowest BCUT2D eigenvalue weighted by Gasteiger charge is -2.19. The van der Waals surface area contributed by atoms with Crippen LogP contribution in [0.5, 0.6) is 0 Å². The molecular formula is C10H17NO4S. The summed E-state index contributed by atoms with van der Waals surface area (Å²) in [5.74, 6) is -0.0753. The zero-order valence-electron chi connectivity index (χ0n) is 9.13. The van der Waals surface area contributed by atoms with Crippen molar-refractivity contribution < 1.29 is 18.3 Å². The van der Waals surface area contributed by atoms with Crippen molar-refractivity contribution in [2.45, 2.75) is 12.8 Å². The molecule has 2 saturated heterocycles. The van der Waals surface area contributed by atoms with Gasteiger partial charge in [0.05, 0.1) is 17.4 Å².